The first-order chi connectivity index (χ1) is 9.78. The van der Waals surface area contributed by atoms with E-state index in [1.165, 1.54) is 0 Å². The van der Waals surface area contributed by atoms with Crippen molar-refractivity contribution in [3.63, 3.8) is 0 Å². The Kier molecular flexibility index (Phi) is 5.68. The van der Waals surface area contributed by atoms with Crippen LogP contribution in [-0.4, -0.2) is 37.2 Å². The van der Waals surface area contributed by atoms with Crippen molar-refractivity contribution in [1.29, 1.82) is 0 Å². The molecular formula is C14H19ClN4O. The van der Waals surface area contributed by atoms with Crippen molar-refractivity contribution < 1.29 is 4.74 Å². The highest BCUT2D eigenvalue weighted by Gasteiger charge is 2.11. The van der Waals surface area contributed by atoms with Gasteiger partial charge in [0.25, 0.3) is 0 Å². The average Bonchev–Trinajstić information content (AvgIpc) is 2.97. The Morgan fingerprint density at radius 2 is 2.25 bits per heavy atom. The molecule has 0 aromatic carbocycles. The van der Waals surface area contributed by atoms with Gasteiger partial charge in [-0.1, -0.05) is 23.8 Å². The summed E-state index contributed by atoms with van der Waals surface area (Å²) in [6.45, 7) is 1.17. The van der Waals surface area contributed by atoms with Crippen molar-refractivity contribution in [3.05, 3.63) is 35.5 Å². The van der Waals surface area contributed by atoms with Gasteiger partial charge < -0.3 is 15.4 Å². The van der Waals surface area contributed by atoms with E-state index in [-0.39, 0.29) is 0 Å². The largest absolute Gasteiger partial charge is 0.476 e. The van der Waals surface area contributed by atoms with E-state index in [1.54, 1.807) is 25.4 Å². The molecule has 1 aromatic heterocycles. The maximum atomic E-state index is 5.75. The van der Waals surface area contributed by atoms with Crippen LogP contribution in [0.25, 0.3) is 0 Å². The fourth-order valence-electron chi connectivity index (χ4n) is 1.90. The number of rotatable bonds is 5. The van der Waals surface area contributed by atoms with Crippen LogP contribution in [0.5, 0.6) is 5.88 Å². The van der Waals surface area contributed by atoms with Gasteiger partial charge >= 0.3 is 0 Å². The Hall–Kier alpha value is -1.75. The summed E-state index contributed by atoms with van der Waals surface area (Å²) in [4.78, 5) is 8.25. The smallest absolute Gasteiger partial charge is 0.213 e. The van der Waals surface area contributed by atoms with Crippen molar-refractivity contribution in [3.8, 4) is 5.88 Å². The number of aliphatic imine (C=N–C) groups is 1. The number of aromatic nitrogens is 1. The molecule has 0 bridgehead atoms. The molecule has 1 aliphatic rings. The van der Waals surface area contributed by atoms with E-state index in [9.17, 15) is 0 Å². The first-order valence-electron chi connectivity index (χ1n) is 6.64. The zero-order chi connectivity index (χ0) is 14.2. The molecule has 0 saturated heterocycles. The Balaban J connectivity index is 1.65. The molecule has 0 amide bonds. The molecule has 2 N–H and O–H groups in total. The number of nitrogens with one attached hydrogen (secondary N) is 2. The quantitative estimate of drug-likeness (QED) is 0.377. The molecule has 20 heavy (non-hydrogen) atoms. The number of pyridine rings is 1. The van der Waals surface area contributed by atoms with E-state index in [4.69, 9.17) is 16.3 Å². The maximum absolute atomic E-state index is 5.75. The van der Waals surface area contributed by atoms with Gasteiger partial charge in [0, 0.05) is 25.4 Å². The Morgan fingerprint density at radius 3 is 2.90 bits per heavy atom. The summed E-state index contributed by atoms with van der Waals surface area (Å²) < 4.78 is 5.50. The van der Waals surface area contributed by atoms with Crippen LogP contribution < -0.4 is 15.4 Å². The fourth-order valence-corrected chi connectivity index (χ4v) is 2.01. The van der Waals surface area contributed by atoms with Gasteiger partial charge in [0.05, 0.1) is 11.6 Å². The number of hydrogen-bond donors (Lipinski definition) is 2. The number of nitrogens with zero attached hydrogens (tertiary/aromatic N) is 2. The van der Waals surface area contributed by atoms with Crippen molar-refractivity contribution in [2.24, 2.45) is 4.99 Å². The maximum Gasteiger partial charge on any atom is 0.213 e. The molecule has 0 unspecified atom stereocenters. The molecule has 108 valence electrons. The minimum absolute atomic E-state index is 0.444. The highest BCUT2D eigenvalue weighted by Crippen LogP contribution is 2.11. The topological polar surface area (TPSA) is 58.5 Å². The molecule has 0 spiro atoms. The van der Waals surface area contributed by atoms with Gasteiger partial charge in [-0.3, -0.25) is 4.99 Å². The van der Waals surface area contributed by atoms with Crippen LogP contribution in [0.15, 0.2) is 35.5 Å². The summed E-state index contributed by atoms with van der Waals surface area (Å²) in [5, 5.41) is 7.17. The predicted molar refractivity (Wildman–Crippen MR) is 81.4 cm³/mol. The lowest BCUT2D eigenvalue weighted by atomic mass is 10.2. The van der Waals surface area contributed by atoms with E-state index in [2.05, 4.69) is 32.8 Å². The van der Waals surface area contributed by atoms with Crippen LogP contribution in [-0.2, 0) is 0 Å². The third-order valence-electron chi connectivity index (χ3n) is 2.92. The highest BCUT2D eigenvalue weighted by molar-refractivity contribution is 6.30. The number of guanidine groups is 1. The molecule has 0 atom stereocenters. The SMILES string of the molecule is CN=C(NCCOc1ccc(Cl)cn1)NC1CC=CC1. The summed E-state index contributed by atoms with van der Waals surface area (Å²) in [5.41, 5.74) is 0. The number of halogens is 1. The van der Waals surface area contributed by atoms with Crippen LogP contribution in [0, 0.1) is 0 Å². The molecular weight excluding hydrogens is 276 g/mol. The van der Waals surface area contributed by atoms with Gasteiger partial charge in [0.2, 0.25) is 5.88 Å². The van der Waals surface area contributed by atoms with E-state index < -0.39 is 0 Å². The van der Waals surface area contributed by atoms with Crippen LogP contribution in [0.1, 0.15) is 12.8 Å². The van der Waals surface area contributed by atoms with Crippen LogP contribution >= 0.6 is 11.6 Å². The second-order valence-corrected chi connectivity index (χ2v) is 4.88. The Morgan fingerprint density at radius 1 is 1.45 bits per heavy atom. The summed E-state index contributed by atoms with van der Waals surface area (Å²) in [5.74, 6) is 1.37. The summed E-state index contributed by atoms with van der Waals surface area (Å²) in [7, 11) is 1.76. The first kappa shape index (κ1) is 14.7. The first-order valence-corrected chi connectivity index (χ1v) is 7.02. The average molecular weight is 295 g/mol. The van der Waals surface area contributed by atoms with Crippen LogP contribution in [0.2, 0.25) is 5.02 Å². The molecule has 0 aliphatic heterocycles. The molecule has 0 radical (unpaired) electrons. The Labute approximate surface area is 124 Å². The monoisotopic (exact) mass is 294 g/mol. The molecule has 2 rings (SSSR count). The second kappa shape index (κ2) is 7.75. The lowest BCUT2D eigenvalue weighted by Gasteiger charge is -2.16. The lowest BCUT2D eigenvalue weighted by molar-refractivity contribution is 0.309. The van der Waals surface area contributed by atoms with Gasteiger partial charge in [-0.2, -0.15) is 0 Å². The number of ether oxygens (including phenoxy) is 1. The minimum Gasteiger partial charge on any atom is -0.476 e. The minimum atomic E-state index is 0.444. The van der Waals surface area contributed by atoms with Crippen molar-refractivity contribution in [1.82, 2.24) is 15.6 Å². The Bertz CT molecular complexity index is 465. The summed E-state index contributed by atoms with van der Waals surface area (Å²) >= 11 is 5.75. The van der Waals surface area contributed by atoms with Crippen molar-refractivity contribution >= 4 is 17.6 Å². The lowest BCUT2D eigenvalue weighted by Crippen LogP contribution is -2.43. The van der Waals surface area contributed by atoms with Gasteiger partial charge in [0.1, 0.15) is 6.61 Å². The second-order valence-electron chi connectivity index (χ2n) is 4.45. The molecule has 5 nitrogen and oxygen atoms in total. The van der Waals surface area contributed by atoms with Gasteiger partial charge in [-0.15, -0.1) is 0 Å². The van der Waals surface area contributed by atoms with E-state index in [0.29, 0.717) is 30.1 Å². The van der Waals surface area contributed by atoms with Gasteiger partial charge in [-0.25, -0.2) is 4.98 Å². The zero-order valence-corrected chi connectivity index (χ0v) is 12.2. The highest BCUT2D eigenvalue weighted by atomic mass is 35.5. The normalized spacial score (nSPS) is 15.4. The molecule has 0 fully saturated rings. The third kappa shape index (κ3) is 4.74. The molecule has 1 aliphatic carbocycles. The molecule has 1 heterocycles. The zero-order valence-electron chi connectivity index (χ0n) is 11.5. The van der Waals surface area contributed by atoms with Crippen LogP contribution in [0.4, 0.5) is 0 Å². The van der Waals surface area contributed by atoms with Crippen LogP contribution in [0.3, 0.4) is 0 Å². The van der Waals surface area contributed by atoms with Gasteiger partial charge in [-0.05, 0) is 18.9 Å². The molecule has 6 heteroatoms. The fraction of sp³-hybridized carbons (Fsp3) is 0.429. The predicted octanol–water partition coefficient (Wildman–Crippen LogP) is 2.00. The van der Waals surface area contributed by atoms with E-state index in [0.717, 1.165) is 18.8 Å². The number of hydrogen-bond acceptors (Lipinski definition) is 3. The van der Waals surface area contributed by atoms with Gasteiger partial charge in [0.15, 0.2) is 5.96 Å². The molecule has 0 saturated carbocycles. The van der Waals surface area contributed by atoms with E-state index >= 15 is 0 Å². The third-order valence-corrected chi connectivity index (χ3v) is 3.14. The summed E-state index contributed by atoms with van der Waals surface area (Å²) in [6.07, 6.45) is 8.02. The van der Waals surface area contributed by atoms with E-state index in [1.807, 2.05) is 0 Å². The standard InChI is InChI=1S/C14H19ClN4O/c1-16-14(19-12-4-2-3-5-12)17-8-9-20-13-7-6-11(15)10-18-13/h2-3,6-7,10,12H,4-5,8-9H2,1H3,(H2,16,17,19). The summed E-state index contributed by atoms with van der Waals surface area (Å²) in [6, 6.07) is 3.95. The van der Waals surface area contributed by atoms with Crippen molar-refractivity contribution in [2.75, 3.05) is 20.2 Å². The molecule has 1 aromatic rings. The van der Waals surface area contributed by atoms with Crippen molar-refractivity contribution in [2.45, 2.75) is 18.9 Å².